The maximum atomic E-state index is 13.2. The van der Waals surface area contributed by atoms with Crippen molar-refractivity contribution in [2.24, 2.45) is 5.41 Å². The van der Waals surface area contributed by atoms with Gasteiger partial charge in [-0.2, -0.15) is 4.31 Å². The molecule has 1 fully saturated rings. The van der Waals surface area contributed by atoms with Crippen LogP contribution in [0.2, 0.25) is 0 Å². The predicted octanol–water partition coefficient (Wildman–Crippen LogP) is 3.08. The number of hydrogen-bond donors (Lipinski definition) is 0. The second-order valence-corrected chi connectivity index (χ2v) is 9.03. The molecule has 1 saturated heterocycles. The number of Topliss-reactive ketones (excluding diaryl/α,β-unsaturated/α-hetero) is 1. The number of nitrogens with zero attached hydrogens (tertiary/aromatic N) is 2. The van der Waals surface area contributed by atoms with Crippen LogP contribution in [-0.4, -0.2) is 36.3 Å². The third-order valence-corrected chi connectivity index (χ3v) is 5.92. The Morgan fingerprint density at radius 1 is 1.12 bits per heavy atom. The lowest BCUT2D eigenvalue weighted by atomic mass is 9.72. The average Bonchev–Trinajstić information content (AvgIpc) is 2.59. The molecule has 0 amide bonds. The Hall–Kier alpha value is -2.31. The van der Waals surface area contributed by atoms with Crippen LogP contribution >= 0.6 is 0 Å². The summed E-state index contributed by atoms with van der Waals surface area (Å²) >= 11 is 0. The van der Waals surface area contributed by atoms with E-state index in [1.54, 1.807) is 38.3 Å². The maximum Gasteiger partial charge on any atom is 0.212 e. The highest BCUT2D eigenvalue weighted by Gasteiger charge is 2.49. The third-order valence-electron chi connectivity index (χ3n) is 4.73. The molecule has 1 aromatic carbocycles. The van der Waals surface area contributed by atoms with Crippen LogP contribution < -0.4 is 0 Å². The molecule has 0 radical (unpaired) electrons. The Bertz CT molecular complexity index is 936. The monoisotopic (exact) mass is 370 g/mol. The first-order valence-corrected chi connectivity index (χ1v) is 10.2. The number of hydrogen-bond acceptors (Lipinski definition) is 4. The molecule has 26 heavy (non-hydrogen) atoms. The summed E-state index contributed by atoms with van der Waals surface area (Å²) in [5, 5.41) is 0. The van der Waals surface area contributed by atoms with Gasteiger partial charge in [-0.1, -0.05) is 50.2 Å². The fraction of sp³-hybridized carbons (Fsp3) is 0.300. The molecule has 2 aromatic rings. The molecule has 2 heterocycles. The highest BCUT2D eigenvalue weighted by Crippen LogP contribution is 2.46. The normalized spacial score (nSPS) is 22.5. The van der Waals surface area contributed by atoms with E-state index in [4.69, 9.17) is 0 Å². The third kappa shape index (κ3) is 3.48. The topological polar surface area (TPSA) is 67.3 Å². The number of ketones is 1. The molecule has 5 nitrogen and oxygen atoms in total. The quantitative estimate of drug-likeness (QED) is 0.779. The summed E-state index contributed by atoms with van der Waals surface area (Å²) in [7, 11) is -3.52. The van der Waals surface area contributed by atoms with Crippen molar-refractivity contribution in [1.82, 2.24) is 9.29 Å². The van der Waals surface area contributed by atoms with E-state index < -0.39 is 21.5 Å². The van der Waals surface area contributed by atoms with Crippen LogP contribution in [0.5, 0.6) is 0 Å². The molecule has 1 aliphatic rings. The first-order chi connectivity index (χ1) is 12.2. The van der Waals surface area contributed by atoms with Crippen LogP contribution in [0.15, 0.2) is 60.3 Å². The highest BCUT2D eigenvalue weighted by molar-refractivity contribution is 7.88. The van der Waals surface area contributed by atoms with Crippen LogP contribution in [0.4, 0.5) is 0 Å². The van der Waals surface area contributed by atoms with Crippen LogP contribution in [-0.2, 0) is 14.8 Å². The van der Waals surface area contributed by atoms with Gasteiger partial charge in [0.1, 0.15) is 0 Å². The molecular weight excluding hydrogens is 348 g/mol. The molecule has 0 spiro atoms. The van der Waals surface area contributed by atoms with E-state index in [0.717, 1.165) is 5.56 Å². The number of pyridine rings is 1. The minimum Gasteiger partial charge on any atom is -0.294 e. The van der Waals surface area contributed by atoms with Gasteiger partial charge in [0.15, 0.2) is 5.78 Å². The minimum absolute atomic E-state index is 0.0389. The number of rotatable bonds is 3. The Labute approximate surface area is 154 Å². The number of piperidine rings is 1. The van der Waals surface area contributed by atoms with E-state index in [-0.39, 0.29) is 12.3 Å². The lowest BCUT2D eigenvalue weighted by molar-refractivity contribution is -0.128. The number of carbonyl (C=O) groups is 1. The van der Waals surface area contributed by atoms with Gasteiger partial charge in [0, 0.05) is 23.7 Å². The van der Waals surface area contributed by atoms with Gasteiger partial charge in [-0.25, -0.2) is 8.42 Å². The maximum absolute atomic E-state index is 13.2. The summed E-state index contributed by atoms with van der Waals surface area (Å²) in [6.45, 7) is 3.64. The standard InChI is InChI=1S/C20H22N2O3S/c1-20(2)18(15-9-5-4-6-10-15)22(26(3,24)25)14-16(19(20)23)13-17-11-7-8-12-21-17/h4-13,18H,14H2,1-3H3/b16-13-. The van der Waals surface area contributed by atoms with Crippen molar-refractivity contribution >= 4 is 21.9 Å². The minimum atomic E-state index is -3.52. The summed E-state index contributed by atoms with van der Waals surface area (Å²) in [5.74, 6) is -0.0584. The van der Waals surface area contributed by atoms with Gasteiger partial charge < -0.3 is 0 Å². The smallest absolute Gasteiger partial charge is 0.212 e. The van der Waals surface area contributed by atoms with Crippen LogP contribution in [0.1, 0.15) is 31.1 Å². The molecule has 0 N–H and O–H groups in total. The van der Waals surface area contributed by atoms with E-state index in [2.05, 4.69) is 4.98 Å². The Balaban J connectivity index is 2.12. The van der Waals surface area contributed by atoms with Crippen molar-refractivity contribution < 1.29 is 13.2 Å². The molecule has 6 heteroatoms. The van der Waals surface area contributed by atoms with E-state index in [1.807, 2.05) is 36.4 Å². The van der Waals surface area contributed by atoms with Crippen molar-refractivity contribution in [2.45, 2.75) is 19.9 Å². The molecule has 1 aromatic heterocycles. The van der Waals surface area contributed by atoms with Crippen molar-refractivity contribution in [3.05, 3.63) is 71.6 Å². The van der Waals surface area contributed by atoms with Gasteiger partial charge in [-0.05, 0) is 23.8 Å². The number of benzene rings is 1. The molecule has 0 saturated carbocycles. The summed E-state index contributed by atoms with van der Waals surface area (Å²) in [6.07, 6.45) is 4.52. The van der Waals surface area contributed by atoms with Gasteiger partial charge >= 0.3 is 0 Å². The Morgan fingerprint density at radius 3 is 2.35 bits per heavy atom. The van der Waals surface area contributed by atoms with Gasteiger partial charge in [0.05, 0.1) is 18.0 Å². The van der Waals surface area contributed by atoms with Gasteiger partial charge in [0.25, 0.3) is 0 Å². The van der Waals surface area contributed by atoms with Crippen LogP contribution in [0, 0.1) is 5.41 Å². The molecular formula is C20H22N2O3S. The second-order valence-electron chi connectivity index (χ2n) is 7.10. The number of carbonyl (C=O) groups excluding carboxylic acids is 1. The largest absolute Gasteiger partial charge is 0.294 e. The molecule has 1 atom stereocenters. The van der Waals surface area contributed by atoms with Crippen molar-refractivity contribution in [3.8, 4) is 0 Å². The first kappa shape index (κ1) is 18.5. The fourth-order valence-electron chi connectivity index (χ4n) is 3.51. The molecule has 0 bridgehead atoms. The Kier molecular flexibility index (Phi) is 4.82. The van der Waals surface area contributed by atoms with E-state index in [9.17, 15) is 13.2 Å². The lowest BCUT2D eigenvalue weighted by Gasteiger charge is -2.45. The zero-order chi connectivity index (χ0) is 18.9. The number of sulfonamides is 1. The molecule has 3 rings (SSSR count). The predicted molar refractivity (Wildman–Crippen MR) is 102 cm³/mol. The first-order valence-electron chi connectivity index (χ1n) is 8.39. The van der Waals surface area contributed by atoms with Gasteiger partial charge in [-0.3, -0.25) is 9.78 Å². The average molecular weight is 370 g/mol. The summed E-state index contributed by atoms with van der Waals surface area (Å²) in [5.41, 5.74) is 1.00. The van der Waals surface area contributed by atoms with E-state index in [0.29, 0.717) is 11.3 Å². The molecule has 0 aliphatic carbocycles. The van der Waals surface area contributed by atoms with Crippen molar-refractivity contribution in [1.29, 1.82) is 0 Å². The molecule has 136 valence electrons. The number of aromatic nitrogens is 1. The summed E-state index contributed by atoms with van der Waals surface area (Å²) in [4.78, 5) is 17.4. The fourth-order valence-corrected chi connectivity index (χ4v) is 4.65. The SMILES string of the molecule is CC1(C)C(=O)/C(=C\c2ccccn2)CN(S(C)(=O)=O)C1c1ccccc1. The van der Waals surface area contributed by atoms with Gasteiger partial charge in [0.2, 0.25) is 10.0 Å². The molecule has 1 aliphatic heterocycles. The van der Waals surface area contributed by atoms with Crippen LogP contribution in [0.3, 0.4) is 0 Å². The van der Waals surface area contributed by atoms with E-state index >= 15 is 0 Å². The zero-order valence-electron chi connectivity index (χ0n) is 15.1. The van der Waals surface area contributed by atoms with Crippen molar-refractivity contribution in [3.63, 3.8) is 0 Å². The van der Waals surface area contributed by atoms with E-state index in [1.165, 1.54) is 10.6 Å². The summed E-state index contributed by atoms with van der Waals surface area (Å²) in [6, 6.07) is 14.2. The van der Waals surface area contributed by atoms with Crippen molar-refractivity contribution in [2.75, 3.05) is 12.8 Å². The lowest BCUT2D eigenvalue weighted by Crippen LogP contribution is -2.51. The molecule has 1 unspecified atom stereocenters. The highest BCUT2D eigenvalue weighted by atomic mass is 32.2. The van der Waals surface area contributed by atoms with Gasteiger partial charge in [-0.15, -0.1) is 0 Å². The second kappa shape index (κ2) is 6.78. The Morgan fingerprint density at radius 2 is 1.77 bits per heavy atom. The summed E-state index contributed by atoms with van der Waals surface area (Å²) < 4.78 is 26.5. The van der Waals surface area contributed by atoms with Crippen LogP contribution in [0.25, 0.3) is 6.08 Å². The zero-order valence-corrected chi connectivity index (χ0v) is 15.9.